The number of halogens is 1. The van der Waals surface area contributed by atoms with Gasteiger partial charge in [0.15, 0.2) is 0 Å². The van der Waals surface area contributed by atoms with Crippen LogP contribution in [0.2, 0.25) is 5.02 Å². The first-order chi connectivity index (χ1) is 16.1. The molecule has 178 valence electrons. The summed E-state index contributed by atoms with van der Waals surface area (Å²) in [5.74, 6) is -0.959. The van der Waals surface area contributed by atoms with Gasteiger partial charge >= 0.3 is 0 Å². The van der Waals surface area contributed by atoms with Crippen molar-refractivity contribution in [1.82, 2.24) is 5.32 Å². The topological polar surface area (TPSA) is 95.6 Å². The van der Waals surface area contributed by atoms with Crippen LogP contribution < -0.4 is 14.9 Å². The minimum Gasteiger partial charge on any atom is -0.345 e. The second-order valence-electron chi connectivity index (χ2n) is 7.85. The van der Waals surface area contributed by atoms with Crippen LogP contribution in [0.5, 0.6) is 0 Å². The fourth-order valence-electron chi connectivity index (χ4n) is 3.46. The molecule has 34 heavy (non-hydrogen) atoms. The van der Waals surface area contributed by atoms with E-state index >= 15 is 0 Å². The molecule has 0 fully saturated rings. The van der Waals surface area contributed by atoms with Gasteiger partial charge in [-0.3, -0.25) is 13.9 Å². The molecule has 0 aliphatic heterocycles. The van der Waals surface area contributed by atoms with E-state index in [1.165, 1.54) is 0 Å². The molecule has 0 aromatic heterocycles. The van der Waals surface area contributed by atoms with Gasteiger partial charge in [0.1, 0.15) is 6.54 Å². The van der Waals surface area contributed by atoms with Gasteiger partial charge in [0.25, 0.3) is 5.91 Å². The molecule has 0 aliphatic rings. The van der Waals surface area contributed by atoms with Crippen molar-refractivity contribution in [3.8, 4) is 0 Å². The zero-order chi connectivity index (χ0) is 24.9. The van der Waals surface area contributed by atoms with Crippen molar-refractivity contribution in [2.24, 2.45) is 0 Å². The summed E-state index contributed by atoms with van der Waals surface area (Å²) < 4.78 is 25.9. The lowest BCUT2D eigenvalue weighted by molar-refractivity contribution is -0.114. The summed E-state index contributed by atoms with van der Waals surface area (Å²) in [5.41, 5.74) is 2.34. The number of sulfonamides is 1. The van der Waals surface area contributed by atoms with Gasteiger partial charge in [-0.1, -0.05) is 60.1 Å². The number of hydrogen-bond acceptors (Lipinski definition) is 4. The van der Waals surface area contributed by atoms with E-state index in [4.69, 9.17) is 11.6 Å². The van der Waals surface area contributed by atoms with Crippen LogP contribution >= 0.6 is 11.6 Å². The van der Waals surface area contributed by atoms with Crippen molar-refractivity contribution in [1.29, 1.82) is 0 Å². The Morgan fingerprint density at radius 2 is 1.62 bits per heavy atom. The molecule has 3 aromatic rings. The predicted molar refractivity (Wildman–Crippen MR) is 136 cm³/mol. The minimum atomic E-state index is -3.78. The largest absolute Gasteiger partial charge is 0.345 e. The number of nitrogens with one attached hydrogen (secondary N) is 2. The van der Waals surface area contributed by atoms with E-state index in [1.807, 2.05) is 37.3 Å². The molecule has 2 N–H and O–H groups in total. The Morgan fingerprint density at radius 3 is 2.29 bits per heavy atom. The van der Waals surface area contributed by atoms with Crippen LogP contribution in [0.3, 0.4) is 0 Å². The highest BCUT2D eigenvalue weighted by atomic mass is 35.5. The number of amides is 2. The van der Waals surface area contributed by atoms with E-state index < -0.39 is 22.5 Å². The monoisotopic (exact) mass is 499 g/mol. The van der Waals surface area contributed by atoms with Gasteiger partial charge in [0, 0.05) is 5.02 Å². The average molecular weight is 500 g/mol. The number of anilines is 2. The Labute approximate surface area is 204 Å². The number of carbonyl (C=O) groups is 2. The molecule has 0 heterocycles. The minimum absolute atomic E-state index is 0.246. The summed E-state index contributed by atoms with van der Waals surface area (Å²) in [6, 6.07) is 20.7. The first-order valence-corrected chi connectivity index (χ1v) is 12.8. The number of hydrogen-bond donors (Lipinski definition) is 2. The summed E-state index contributed by atoms with van der Waals surface area (Å²) in [6.07, 6.45) is 1.02. The Bertz CT molecular complexity index is 1300. The van der Waals surface area contributed by atoms with E-state index in [0.717, 1.165) is 16.1 Å². The Kier molecular flexibility index (Phi) is 7.96. The lowest BCUT2D eigenvalue weighted by atomic mass is 10.1. The van der Waals surface area contributed by atoms with Crippen molar-refractivity contribution in [3.63, 3.8) is 0 Å². The standard InChI is InChI=1S/C25H26ClN3O4S/c1-17-21(26)13-9-15-23(17)29(34(3,32)33)16-24(30)28-22-14-8-7-12-20(22)25(31)27-18(2)19-10-5-4-6-11-19/h4-15,18H,16H2,1-3H3,(H,27,31)(H,28,30). The van der Waals surface area contributed by atoms with E-state index in [-0.39, 0.29) is 23.2 Å². The van der Waals surface area contributed by atoms with E-state index in [0.29, 0.717) is 16.3 Å². The predicted octanol–water partition coefficient (Wildman–Crippen LogP) is 4.54. The molecule has 9 heteroatoms. The van der Waals surface area contributed by atoms with Crippen molar-refractivity contribution >= 4 is 44.8 Å². The smallest absolute Gasteiger partial charge is 0.253 e. The van der Waals surface area contributed by atoms with Gasteiger partial charge in [-0.15, -0.1) is 0 Å². The SMILES string of the molecule is Cc1c(Cl)cccc1N(CC(=O)Nc1ccccc1C(=O)NC(C)c1ccccc1)S(C)(=O)=O. The maximum atomic E-state index is 12.9. The lowest BCUT2D eigenvalue weighted by Gasteiger charge is -2.24. The second-order valence-corrected chi connectivity index (χ2v) is 10.2. The van der Waals surface area contributed by atoms with E-state index in [1.54, 1.807) is 49.4 Å². The molecule has 0 radical (unpaired) electrons. The van der Waals surface area contributed by atoms with Crippen LogP contribution in [0, 0.1) is 6.92 Å². The van der Waals surface area contributed by atoms with Crippen LogP contribution in [0.15, 0.2) is 72.8 Å². The number of benzene rings is 3. The molecule has 1 unspecified atom stereocenters. The highest BCUT2D eigenvalue weighted by Crippen LogP contribution is 2.28. The number of para-hydroxylation sites is 1. The van der Waals surface area contributed by atoms with Gasteiger partial charge in [0.05, 0.1) is 29.2 Å². The molecule has 1 atom stereocenters. The maximum Gasteiger partial charge on any atom is 0.253 e. The molecule has 0 saturated heterocycles. The van der Waals surface area contributed by atoms with Crippen LogP contribution in [0.4, 0.5) is 11.4 Å². The fraction of sp³-hybridized carbons (Fsp3) is 0.200. The molecule has 0 spiro atoms. The Balaban J connectivity index is 1.79. The molecule has 0 saturated carbocycles. The number of carbonyl (C=O) groups excluding carboxylic acids is 2. The first-order valence-electron chi connectivity index (χ1n) is 10.6. The molecule has 7 nitrogen and oxygen atoms in total. The van der Waals surface area contributed by atoms with Crippen LogP contribution in [-0.4, -0.2) is 33.0 Å². The van der Waals surface area contributed by atoms with Gasteiger partial charge in [-0.25, -0.2) is 8.42 Å². The van der Waals surface area contributed by atoms with Crippen LogP contribution in [0.25, 0.3) is 0 Å². The van der Waals surface area contributed by atoms with Crippen LogP contribution in [-0.2, 0) is 14.8 Å². The van der Waals surface area contributed by atoms with Gasteiger partial charge in [-0.2, -0.15) is 0 Å². The summed E-state index contributed by atoms with van der Waals surface area (Å²) in [5, 5.41) is 5.98. The summed E-state index contributed by atoms with van der Waals surface area (Å²) in [7, 11) is -3.78. The third kappa shape index (κ3) is 6.15. The second kappa shape index (κ2) is 10.7. The van der Waals surface area contributed by atoms with E-state index in [9.17, 15) is 18.0 Å². The molecule has 0 bridgehead atoms. The first kappa shape index (κ1) is 25.3. The molecular formula is C25H26ClN3O4S. The van der Waals surface area contributed by atoms with Gasteiger partial charge in [0.2, 0.25) is 15.9 Å². The lowest BCUT2D eigenvalue weighted by Crippen LogP contribution is -2.38. The quantitative estimate of drug-likeness (QED) is 0.475. The third-order valence-corrected chi connectivity index (χ3v) is 6.82. The van der Waals surface area contributed by atoms with Crippen molar-refractivity contribution in [3.05, 3.63) is 94.5 Å². The number of rotatable bonds is 8. The molecular weight excluding hydrogens is 474 g/mol. The highest BCUT2D eigenvalue weighted by Gasteiger charge is 2.24. The maximum absolute atomic E-state index is 12.9. The van der Waals surface area contributed by atoms with Gasteiger partial charge in [-0.05, 0) is 49.2 Å². The molecule has 3 aromatic carbocycles. The van der Waals surface area contributed by atoms with E-state index in [2.05, 4.69) is 10.6 Å². The highest BCUT2D eigenvalue weighted by molar-refractivity contribution is 7.92. The van der Waals surface area contributed by atoms with Crippen molar-refractivity contribution < 1.29 is 18.0 Å². The fourth-order valence-corrected chi connectivity index (χ4v) is 4.53. The van der Waals surface area contributed by atoms with Gasteiger partial charge < -0.3 is 10.6 Å². The summed E-state index contributed by atoms with van der Waals surface area (Å²) in [6.45, 7) is 3.07. The zero-order valence-corrected chi connectivity index (χ0v) is 20.7. The number of nitrogens with zero attached hydrogens (tertiary/aromatic N) is 1. The average Bonchev–Trinajstić information content (AvgIpc) is 2.79. The Morgan fingerprint density at radius 1 is 0.971 bits per heavy atom. The van der Waals surface area contributed by atoms with Crippen molar-refractivity contribution in [2.75, 3.05) is 22.4 Å². The third-order valence-electron chi connectivity index (χ3n) is 5.29. The Hall–Kier alpha value is -3.36. The molecule has 2 amide bonds. The van der Waals surface area contributed by atoms with Crippen molar-refractivity contribution in [2.45, 2.75) is 19.9 Å². The summed E-state index contributed by atoms with van der Waals surface area (Å²) >= 11 is 6.15. The van der Waals surface area contributed by atoms with Crippen LogP contribution in [0.1, 0.15) is 34.5 Å². The normalized spacial score (nSPS) is 12.0. The molecule has 0 aliphatic carbocycles. The molecule has 3 rings (SSSR count). The summed E-state index contributed by atoms with van der Waals surface area (Å²) in [4.78, 5) is 25.8. The zero-order valence-electron chi connectivity index (χ0n) is 19.1.